The second-order valence-electron chi connectivity index (χ2n) is 6.05. The Morgan fingerprint density at radius 1 is 1.31 bits per heavy atom. The molecule has 3 rings (SSSR count). The van der Waals surface area contributed by atoms with Crippen molar-refractivity contribution >= 4 is 40.6 Å². The van der Waals surface area contributed by atoms with Crippen LogP contribution in [0.1, 0.15) is 18.9 Å². The van der Waals surface area contributed by atoms with Gasteiger partial charge in [-0.05, 0) is 48.9 Å². The maximum atomic E-state index is 12.2. The molecular weight excluding hydrogens is 392 g/mol. The Hall–Kier alpha value is -3.33. The fourth-order valence-corrected chi connectivity index (χ4v) is 3.45. The number of hydrogen-bond acceptors (Lipinski definition) is 7. The van der Waals surface area contributed by atoms with Crippen molar-refractivity contribution in [1.29, 1.82) is 0 Å². The zero-order valence-corrected chi connectivity index (χ0v) is 16.5. The Morgan fingerprint density at radius 3 is 2.83 bits per heavy atom. The Kier molecular flexibility index (Phi) is 6.85. The summed E-state index contributed by atoms with van der Waals surface area (Å²) in [5.74, 6) is 0.293. The standard InChI is InChI=1S/C20H20N4O4S/c1-2-28-16-8-6-14(7-9-16)22-18(26)11-17-19(27)23-20(29-17)24-21-12-13-4-3-5-15(25)10-13/h3-10,12,17,25H,2,11H2,1H3,(H,22,26)(H,23,24,27)/b21-12-/t17-/m1/s1. The van der Waals surface area contributed by atoms with Gasteiger partial charge in [0.05, 0.1) is 12.8 Å². The van der Waals surface area contributed by atoms with Crippen LogP contribution < -0.4 is 15.4 Å². The van der Waals surface area contributed by atoms with E-state index in [2.05, 4.69) is 20.8 Å². The summed E-state index contributed by atoms with van der Waals surface area (Å²) < 4.78 is 5.36. The minimum atomic E-state index is -0.576. The Balaban J connectivity index is 1.52. The zero-order valence-electron chi connectivity index (χ0n) is 15.7. The predicted octanol–water partition coefficient (Wildman–Crippen LogP) is 2.74. The SMILES string of the molecule is CCOc1ccc(NC(=O)C[C@H]2S/C(=N/N=C\c3cccc(O)c3)NC2=O)cc1. The van der Waals surface area contributed by atoms with Gasteiger partial charge >= 0.3 is 0 Å². The molecule has 0 bridgehead atoms. The molecule has 1 atom stereocenters. The number of nitrogens with one attached hydrogen (secondary N) is 2. The highest BCUT2D eigenvalue weighted by atomic mass is 32.2. The van der Waals surface area contributed by atoms with Gasteiger partial charge < -0.3 is 20.5 Å². The van der Waals surface area contributed by atoms with Gasteiger partial charge in [-0.1, -0.05) is 23.9 Å². The van der Waals surface area contributed by atoms with Gasteiger partial charge in [0.25, 0.3) is 0 Å². The largest absolute Gasteiger partial charge is 0.508 e. The number of anilines is 1. The van der Waals surface area contributed by atoms with Gasteiger partial charge in [-0.3, -0.25) is 9.59 Å². The van der Waals surface area contributed by atoms with E-state index in [4.69, 9.17) is 4.74 Å². The maximum Gasteiger partial charge on any atom is 0.240 e. The van der Waals surface area contributed by atoms with E-state index in [1.807, 2.05) is 6.92 Å². The number of carbonyl (C=O) groups excluding carboxylic acids is 2. The minimum Gasteiger partial charge on any atom is -0.508 e. The number of ether oxygens (including phenoxy) is 1. The average molecular weight is 412 g/mol. The van der Waals surface area contributed by atoms with Crippen LogP contribution in [0.15, 0.2) is 58.7 Å². The van der Waals surface area contributed by atoms with Crippen LogP contribution in [-0.4, -0.2) is 40.2 Å². The highest BCUT2D eigenvalue weighted by molar-refractivity contribution is 8.15. The number of phenols is 1. The molecule has 2 aromatic carbocycles. The maximum absolute atomic E-state index is 12.2. The summed E-state index contributed by atoms with van der Waals surface area (Å²) in [6, 6.07) is 13.6. The lowest BCUT2D eigenvalue weighted by molar-refractivity contribution is -0.122. The molecule has 0 aromatic heterocycles. The molecule has 2 aromatic rings. The molecule has 0 unspecified atom stereocenters. The van der Waals surface area contributed by atoms with Crippen molar-refractivity contribution in [2.24, 2.45) is 10.2 Å². The first kappa shape index (κ1) is 20.4. The second-order valence-corrected chi connectivity index (χ2v) is 7.24. The second kappa shape index (κ2) is 9.74. The summed E-state index contributed by atoms with van der Waals surface area (Å²) in [6.45, 7) is 2.47. The van der Waals surface area contributed by atoms with E-state index in [1.54, 1.807) is 42.5 Å². The normalized spacial score (nSPS) is 17.5. The van der Waals surface area contributed by atoms with Crippen molar-refractivity contribution in [1.82, 2.24) is 5.32 Å². The van der Waals surface area contributed by atoms with E-state index >= 15 is 0 Å². The van der Waals surface area contributed by atoms with Crippen molar-refractivity contribution in [2.75, 3.05) is 11.9 Å². The molecule has 0 spiro atoms. The smallest absolute Gasteiger partial charge is 0.240 e. The summed E-state index contributed by atoms with van der Waals surface area (Å²) >= 11 is 1.15. The number of rotatable bonds is 7. The first-order chi connectivity index (χ1) is 14.0. The van der Waals surface area contributed by atoms with E-state index in [0.717, 1.165) is 17.5 Å². The monoisotopic (exact) mass is 412 g/mol. The number of amidine groups is 1. The Labute approximate surface area is 172 Å². The van der Waals surface area contributed by atoms with Crippen LogP contribution in [0, 0.1) is 0 Å². The topological polar surface area (TPSA) is 112 Å². The molecule has 150 valence electrons. The van der Waals surface area contributed by atoms with Gasteiger partial charge in [0.2, 0.25) is 11.8 Å². The fourth-order valence-electron chi connectivity index (χ4n) is 2.52. The number of nitrogens with zero attached hydrogens (tertiary/aromatic N) is 2. The molecule has 2 amide bonds. The van der Waals surface area contributed by atoms with Crippen LogP contribution in [0.4, 0.5) is 5.69 Å². The van der Waals surface area contributed by atoms with Crippen molar-refractivity contribution in [3.05, 3.63) is 54.1 Å². The number of hydrogen-bond donors (Lipinski definition) is 3. The summed E-state index contributed by atoms with van der Waals surface area (Å²) in [6.07, 6.45) is 1.48. The quantitative estimate of drug-likeness (QED) is 0.478. The molecule has 0 radical (unpaired) electrons. The summed E-state index contributed by atoms with van der Waals surface area (Å²) in [5.41, 5.74) is 1.31. The molecule has 1 fully saturated rings. The van der Waals surface area contributed by atoms with E-state index in [-0.39, 0.29) is 24.0 Å². The molecular formula is C20H20N4O4S. The minimum absolute atomic E-state index is 0.0129. The highest BCUT2D eigenvalue weighted by Gasteiger charge is 2.32. The van der Waals surface area contributed by atoms with E-state index in [0.29, 0.717) is 23.0 Å². The van der Waals surface area contributed by atoms with Gasteiger partial charge in [-0.15, -0.1) is 5.10 Å². The molecule has 29 heavy (non-hydrogen) atoms. The molecule has 1 aliphatic heterocycles. The lowest BCUT2D eigenvalue weighted by atomic mass is 10.2. The van der Waals surface area contributed by atoms with E-state index < -0.39 is 5.25 Å². The molecule has 3 N–H and O–H groups in total. The summed E-state index contributed by atoms with van der Waals surface area (Å²) in [7, 11) is 0. The lowest BCUT2D eigenvalue weighted by Crippen LogP contribution is -2.28. The van der Waals surface area contributed by atoms with Crippen LogP contribution in [-0.2, 0) is 9.59 Å². The van der Waals surface area contributed by atoms with Crippen LogP contribution in [0.25, 0.3) is 0 Å². The van der Waals surface area contributed by atoms with Crippen molar-refractivity contribution in [3.63, 3.8) is 0 Å². The number of thioether (sulfide) groups is 1. The zero-order chi connectivity index (χ0) is 20.6. The molecule has 0 saturated carbocycles. The summed E-state index contributed by atoms with van der Waals surface area (Å²) in [5, 5.41) is 22.4. The third kappa shape index (κ3) is 6.08. The van der Waals surface area contributed by atoms with Crippen LogP contribution in [0.3, 0.4) is 0 Å². The highest BCUT2D eigenvalue weighted by Crippen LogP contribution is 2.23. The number of benzene rings is 2. The van der Waals surface area contributed by atoms with E-state index in [1.165, 1.54) is 12.3 Å². The summed E-state index contributed by atoms with van der Waals surface area (Å²) in [4.78, 5) is 24.3. The Morgan fingerprint density at radius 2 is 2.10 bits per heavy atom. The van der Waals surface area contributed by atoms with Crippen LogP contribution >= 0.6 is 11.8 Å². The van der Waals surface area contributed by atoms with Crippen molar-refractivity contribution < 1.29 is 19.4 Å². The van der Waals surface area contributed by atoms with Crippen LogP contribution in [0.5, 0.6) is 11.5 Å². The van der Waals surface area contributed by atoms with Crippen molar-refractivity contribution in [2.45, 2.75) is 18.6 Å². The molecule has 8 nitrogen and oxygen atoms in total. The fraction of sp³-hybridized carbons (Fsp3) is 0.200. The third-order valence-electron chi connectivity index (χ3n) is 3.82. The number of amides is 2. The molecule has 1 saturated heterocycles. The number of aromatic hydroxyl groups is 1. The van der Waals surface area contributed by atoms with Gasteiger partial charge in [0.15, 0.2) is 5.17 Å². The van der Waals surface area contributed by atoms with Gasteiger partial charge in [-0.25, -0.2) is 0 Å². The third-order valence-corrected chi connectivity index (χ3v) is 4.89. The van der Waals surface area contributed by atoms with E-state index in [9.17, 15) is 14.7 Å². The molecule has 9 heteroatoms. The first-order valence-electron chi connectivity index (χ1n) is 8.94. The van der Waals surface area contributed by atoms with Gasteiger partial charge in [0.1, 0.15) is 16.7 Å². The molecule has 0 aliphatic carbocycles. The first-order valence-corrected chi connectivity index (χ1v) is 9.81. The lowest BCUT2D eigenvalue weighted by Gasteiger charge is -2.08. The molecule has 1 aliphatic rings. The van der Waals surface area contributed by atoms with Crippen LogP contribution in [0.2, 0.25) is 0 Å². The molecule has 1 heterocycles. The van der Waals surface area contributed by atoms with Gasteiger partial charge in [0, 0.05) is 12.1 Å². The average Bonchev–Trinajstić information content (AvgIpc) is 3.03. The number of phenolic OH excluding ortho intramolecular Hbond substituents is 1. The van der Waals surface area contributed by atoms with Crippen molar-refractivity contribution in [3.8, 4) is 11.5 Å². The van der Waals surface area contributed by atoms with Gasteiger partial charge in [-0.2, -0.15) is 5.10 Å². The number of carbonyl (C=O) groups is 2. The predicted molar refractivity (Wildman–Crippen MR) is 114 cm³/mol. The Bertz CT molecular complexity index is 944.